The average Bonchev–Trinajstić information content (AvgIpc) is 3.05. The molecule has 0 spiro atoms. The minimum atomic E-state index is -3.55. The number of benzene rings is 1. The Hall–Kier alpha value is -1.90. The van der Waals surface area contributed by atoms with Crippen molar-refractivity contribution >= 4 is 37.9 Å². The molecule has 0 radical (unpaired) electrons. The molecular weight excluding hydrogens is 432 g/mol. The maximum Gasteiger partial charge on any atom is 0.246 e. The van der Waals surface area contributed by atoms with Crippen molar-refractivity contribution in [2.24, 2.45) is 0 Å². The Bertz CT molecular complexity index is 973. The van der Waals surface area contributed by atoms with E-state index in [2.05, 4.69) is 15.9 Å². The lowest BCUT2D eigenvalue weighted by atomic mass is 10.2. The number of sulfonamides is 1. The third-order valence-electron chi connectivity index (χ3n) is 4.48. The lowest BCUT2D eigenvalue weighted by Gasteiger charge is -2.33. The zero-order chi connectivity index (χ0) is 19.6. The summed E-state index contributed by atoms with van der Waals surface area (Å²) in [6, 6.07) is 8.83. The summed E-state index contributed by atoms with van der Waals surface area (Å²) in [5.41, 5.74) is 1.76. The molecule has 1 aromatic heterocycles. The second kappa shape index (κ2) is 8.00. The van der Waals surface area contributed by atoms with E-state index in [9.17, 15) is 13.2 Å². The number of hydrogen-bond donors (Lipinski definition) is 0. The van der Waals surface area contributed by atoms with Crippen LogP contribution in [0.4, 0.5) is 0 Å². The summed E-state index contributed by atoms with van der Waals surface area (Å²) in [7, 11) is -3.55. The summed E-state index contributed by atoms with van der Waals surface area (Å²) in [6.07, 6.45) is 3.05. The van der Waals surface area contributed by atoms with Crippen LogP contribution >= 0.6 is 15.9 Å². The van der Waals surface area contributed by atoms with Crippen molar-refractivity contribution in [3.05, 3.63) is 58.0 Å². The molecule has 8 heteroatoms. The van der Waals surface area contributed by atoms with E-state index in [-0.39, 0.29) is 19.0 Å². The van der Waals surface area contributed by atoms with Crippen molar-refractivity contribution in [3.63, 3.8) is 0 Å². The molecule has 6 nitrogen and oxygen atoms in total. The van der Waals surface area contributed by atoms with E-state index in [0.717, 1.165) is 11.1 Å². The van der Waals surface area contributed by atoms with Gasteiger partial charge in [-0.25, -0.2) is 8.42 Å². The molecule has 0 N–H and O–H groups in total. The van der Waals surface area contributed by atoms with Gasteiger partial charge < -0.3 is 9.32 Å². The van der Waals surface area contributed by atoms with Crippen LogP contribution in [0.25, 0.3) is 6.08 Å². The second-order valence-corrected chi connectivity index (χ2v) is 9.16. The zero-order valence-electron chi connectivity index (χ0n) is 15.2. The monoisotopic (exact) mass is 452 g/mol. The van der Waals surface area contributed by atoms with Crippen molar-refractivity contribution in [3.8, 4) is 0 Å². The number of piperazine rings is 1. The molecule has 2 aromatic rings. The molecule has 0 bridgehead atoms. The van der Waals surface area contributed by atoms with Crippen LogP contribution in [-0.4, -0.2) is 49.7 Å². The number of aryl methyl sites for hydroxylation is 2. The van der Waals surface area contributed by atoms with Gasteiger partial charge in [-0.15, -0.1) is 0 Å². The van der Waals surface area contributed by atoms with E-state index >= 15 is 0 Å². The average molecular weight is 453 g/mol. The van der Waals surface area contributed by atoms with E-state index in [0.29, 0.717) is 28.4 Å². The summed E-state index contributed by atoms with van der Waals surface area (Å²) < 4.78 is 33.2. The van der Waals surface area contributed by atoms with E-state index in [1.54, 1.807) is 42.2 Å². The van der Waals surface area contributed by atoms with Gasteiger partial charge in [-0.05, 0) is 59.6 Å². The second-order valence-electron chi connectivity index (χ2n) is 6.47. The molecule has 0 aliphatic carbocycles. The van der Waals surface area contributed by atoms with Crippen LogP contribution in [-0.2, 0) is 14.8 Å². The molecule has 1 aliphatic heterocycles. The van der Waals surface area contributed by atoms with Crippen LogP contribution in [0.1, 0.15) is 16.9 Å². The smallest absolute Gasteiger partial charge is 0.246 e. The molecule has 1 aromatic carbocycles. The van der Waals surface area contributed by atoms with Crippen molar-refractivity contribution < 1.29 is 17.6 Å². The first-order valence-corrected chi connectivity index (χ1v) is 10.8. The van der Waals surface area contributed by atoms with Gasteiger partial charge in [0.2, 0.25) is 15.9 Å². The van der Waals surface area contributed by atoms with Crippen molar-refractivity contribution in [2.75, 3.05) is 26.2 Å². The first-order valence-electron chi connectivity index (χ1n) is 8.57. The van der Waals surface area contributed by atoms with Gasteiger partial charge in [-0.3, -0.25) is 4.79 Å². The van der Waals surface area contributed by atoms with Gasteiger partial charge in [0.15, 0.2) is 4.67 Å². The van der Waals surface area contributed by atoms with Crippen LogP contribution in [0.2, 0.25) is 0 Å². The quantitative estimate of drug-likeness (QED) is 0.667. The number of hydrogen-bond acceptors (Lipinski definition) is 4. The summed E-state index contributed by atoms with van der Waals surface area (Å²) in [5, 5.41) is 0. The fourth-order valence-corrected chi connectivity index (χ4v) is 5.00. The molecule has 1 amide bonds. The van der Waals surface area contributed by atoms with Gasteiger partial charge in [-0.1, -0.05) is 17.7 Å². The zero-order valence-corrected chi connectivity index (χ0v) is 17.6. The number of nitrogens with zero attached hydrogens (tertiary/aromatic N) is 2. The maximum absolute atomic E-state index is 12.9. The van der Waals surface area contributed by atoms with Crippen molar-refractivity contribution in [2.45, 2.75) is 18.7 Å². The van der Waals surface area contributed by atoms with Crippen molar-refractivity contribution in [1.82, 2.24) is 9.21 Å². The summed E-state index contributed by atoms with van der Waals surface area (Å²) in [4.78, 5) is 14.3. The molecule has 0 atom stereocenters. The Kier molecular flexibility index (Phi) is 5.88. The predicted octanol–water partition coefficient (Wildman–Crippen LogP) is 3.21. The fourth-order valence-electron chi connectivity index (χ4n) is 3.05. The largest absolute Gasteiger partial charge is 0.450 e. The third-order valence-corrected chi connectivity index (χ3v) is 6.97. The minimum absolute atomic E-state index is 0.161. The summed E-state index contributed by atoms with van der Waals surface area (Å²) >= 11 is 3.21. The normalized spacial score (nSPS) is 16.2. The molecule has 27 heavy (non-hydrogen) atoms. The van der Waals surface area contributed by atoms with Crippen molar-refractivity contribution in [1.29, 1.82) is 0 Å². The molecule has 3 rings (SSSR count). The Morgan fingerprint density at radius 2 is 1.81 bits per heavy atom. The Balaban J connectivity index is 1.64. The maximum atomic E-state index is 12.9. The molecular formula is C19H21BrN2O4S. The number of carbonyl (C=O) groups excluding carboxylic acids is 1. The van der Waals surface area contributed by atoms with Gasteiger partial charge in [0.25, 0.3) is 0 Å². The standard InChI is InChI=1S/C19H21BrN2O4S/c1-14-3-6-17(15(2)13-14)27(24,25)22-11-9-21(10-12-22)19(23)8-5-16-4-7-18(20)26-16/h3-8,13H,9-12H2,1-2H3/b8-5+. The van der Waals surface area contributed by atoms with Crippen LogP contribution in [0.5, 0.6) is 0 Å². The first-order chi connectivity index (χ1) is 12.8. The SMILES string of the molecule is Cc1ccc(S(=O)(=O)N2CCN(C(=O)/C=C/c3ccc(Br)o3)CC2)c(C)c1. The number of halogens is 1. The van der Waals surface area contributed by atoms with Crippen LogP contribution in [0.15, 0.2) is 50.4 Å². The van der Waals surface area contributed by atoms with Gasteiger partial charge in [0.1, 0.15) is 5.76 Å². The third kappa shape index (κ3) is 4.51. The molecule has 144 valence electrons. The van der Waals surface area contributed by atoms with E-state index < -0.39 is 10.0 Å². The Labute approximate surface area is 167 Å². The molecule has 2 heterocycles. The molecule has 1 aliphatic rings. The number of furan rings is 1. The van der Waals surface area contributed by atoms with Gasteiger partial charge in [0.05, 0.1) is 4.90 Å². The van der Waals surface area contributed by atoms with E-state index in [1.165, 1.54) is 10.4 Å². The number of carbonyl (C=O) groups is 1. The topological polar surface area (TPSA) is 70.8 Å². The first kappa shape index (κ1) is 19.9. The number of amides is 1. The molecule has 0 unspecified atom stereocenters. The van der Waals surface area contributed by atoms with E-state index in [1.807, 2.05) is 13.0 Å². The highest BCUT2D eigenvalue weighted by atomic mass is 79.9. The van der Waals surface area contributed by atoms with Gasteiger partial charge in [0, 0.05) is 32.3 Å². The molecule has 0 saturated carbocycles. The number of rotatable bonds is 4. The minimum Gasteiger partial charge on any atom is -0.450 e. The molecule has 1 saturated heterocycles. The fraction of sp³-hybridized carbons (Fsp3) is 0.316. The highest BCUT2D eigenvalue weighted by molar-refractivity contribution is 9.10. The van der Waals surface area contributed by atoms with Crippen LogP contribution in [0.3, 0.4) is 0 Å². The van der Waals surface area contributed by atoms with Gasteiger partial charge in [-0.2, -0.15) is 4.31 Å². The summed E-state index contributed by atoms with van der Waals surface area (Å²) in [6.45, 7) is 5.01. The molecule has 1 fully saturated rings. The predicted molar refractivity (Wildman–Crippen MR) is 107 cm³/mol. The summed E-state index contributed by atoms with van der Waals surface area (Å²) in [5.74, 6) is 0.414. The lowest BCUT2D eigenvalue weighted by molar-refractivity contribution is -0.127. The lowest BCUT2D eigenvalue weighted by Crippen LogP contribution is -2.50. The van der Waals surface area contributed by atoms with Crippen LogP contribution < -0.4 is 0 Å². The van der Waals surface area contributed by atoms with E-state index in [4.69, 9.17) is 4.42 Å². The Morgan fingerprint density at radius 3 is 2.41 bits per heavy atom. The Morgan fingerprint density at radius 1 is 1.11 bits per heavy atom. The van der Waals surface area contributed by atoms with Crippen LogP contribution in [0, 0.1) is 13.8 Å². The highest BCUT2D eigenvalue weighted by Crippen LogP contribution is 2.22. The van der Waals surface area contributed by atoms with Gasteiger partial charge >= 0.3 is 0 Å². The highest BCUT2D eigenvalue weighted by Gasteiger charge is 2.30.